The zero-order valence-electron chi connectivity index (χ0n) is 10.3. The summed E-state index contributed by atoms with van der Waals surface area (Å²) in [5.74, 6) is -0.413. The van der Waals surface area contributed by atoms with Crippen molar-refractivity contribution in [2.45, 2.75) is 6.54 Å². The minimum atomic E-state index is -0.343. The van der Waals surface area contributed by atoms with Crippen molar-refractivity contribution in [3.63, 3.8) is 0 Å². The summed E-state index contributed by atoms with van der Waals surface area (Å²) in [6.07, 6.45) is 1.54. The first-order valence-electron chi connectivity index (χ1n) is 5.72. The molecule has 104 valence electrons. The van der Waals surface area contributed by atoms with Crippen molar-refractivity contribution in [3.05, 3.63) is 58.1 Å². The molecule has 1 aromatic carbocycles. The highest BCUT2D eigenvalue weighted by Crippen LogP contribution is 2.25. The summed E-state index contributed by atoms with van der Waals surface area (Å²) in [7, 11) is 0. The SMILES string of the molecule is N/C(=N/O)c1cc(CNc2c(F)cccc2Br)ccn1. The number of oxime groups is 1. The Kier molecular flexibility index (Phi) is 4.52. The maximum absolute atomic E-state index is 13.6. The molecule has 5 nitrogen and oxygen atoms in total. The average Bonchev–Trinajstić information content (AvgIpc) is 2.46. The molecule has 2 aromatic rings. The largest absolute Gasteiger partial charge is 0.409 e. The first-order chi connectivity index (χ1) is 9.61. The highest BCUT2D eigenvalue weighted by atomic mass is 79.9. The molecule has 2 rings (SSSR count). The minimum Gasteiger partial charge on any atom is -0.409 e. The maximum Gasteiger partial charge on any atom is 0.188 e. The van der Waals surface area contributed by atoms with Gasteiger partial charge < -0.3 is 16.3 Å². The van der Waals surface area contributed by atoms with E-state index in [9.17, 15) is 4.39 Å². The van der Waals surface area contributed by atoms with Crippen LogP contribution in [0.2, 0.25) is 0 Å². The van der Waals surface area contributed by atoms with Crippen LogP contribution in [0.3, 0.4) is 0 Å². The molecule has 1 aromatic heterocycles. The lowest BCUT2D eigenvalue weighted by Gasteiger charge is -2.10. The Morgan fingerprint density at radius 1 is 1.45 bits per heavy atom. The summed E-state index contributed by atoms with van der Waals surface area (Å²) in [5.41, 5.74) is 7.04. The van der Waals surface area contributed by atoms with Gasteiger partial charge in [0.2, 0.25) is 0 Å². The van der Waals surface area contributed by atoms with E-state index in [1.165, 1.54) is 6.07 Å². The van der Waals surface area contributed by atoms with E-state index in [0.717, 1.165) is 5.56 Å². The summed E-state index contributed by atoms with van der Waals surface area (Å²) >= 11 is 3.28. The number of anilines is 1. The van der Waals surface area contributed by atoms with E-state index in [-0.39, 0.29) is 11.7 Å². The van der Waals surface area contributed by atoms with Gasteiger partial charge in [-0.15, -0.1) is 0 Å². The Balaban J connectivity index is 2.15. The number of nitrogens with zero attached hydrogens (tertiary/aromatic N) is 2. The molecule has 0 aliphatic heterocycles. The summed E-state index contributed by atoms with van der Waals surface area (Å²) in [5, 5.41) is 14.5. The molecule has 0 radical (unpaired) electrons. The molecule has 0 saturated carbocycles. The fourth-order valence-corrected chi connectivity index (χ4v) is 2.11. The van der Waals surface area contributed by atoms with Crippen LogP contribution in [0.4, 0.5) is 10.1 Å². The fourth-order valence-electron chi connectivity index (χ4n) is 1.63. The maximum atomic E-state index is 13.6. The first kappa shape index (κ1) is 14.3. The number of hydrogen-bond donors (Lipinski definition) is 3. The number of benzene rings is 1. The molecule has 0 amide bonds. The topological polar surface area (TPSA) is 83.5 Å². The zero-order valence-corrected chi connectivity index (χ0v) is 11.9. The number of para-hydroxylation sites is 1. The molecular weight excluding hydrogens is 327 g/mol. The Morgan fingerprint density at radius 2 is 2.25 bits per heavy atom. The van der Waals surface area contributed by atoms with Crippen LogP contribution in [0, 0.1) is 5.82 Å². The van der Waals surface area contributed by atoms with Gasteiger partial charge in [0, 0.05) is 17.2 Å². The molecule has 0 saturated heterocycles. The van der Waals surface area contributed by atoms with Gasteiger partial charge in [-0.3, -0.25) is 4.98 Å². The lowest BCUT2D eigenvalue weighted by Crippen LogP contribution is -2.15. The molecule has 0 bridgehead atoms. The number of aromatic nitrogens is 1. The smallest absolute Gasteiger partial charge is 0.188 e. The Labute approximate surface area is 123 Å². The molecule has 0 aliphatic carbocycles. The van der Waals surface area contributed by atoms with Crippen molar-refractivity contribution < 1.29 is 9.60 Å². The van der Waals surface area contributed by atoms with Crippen molar-refractivity contribution in [1.82, 2.24) is 4.98 Å². The number of amidine groups is 1. The molecule has 0 spiro atoms. The van der Waals surface area contributed by atoms with Crippen LogP contribution < -0.4 is 11.1 Å². The molecule has 7 heteroatoms. The minimum absolute atomic E-state index is 0.0704. The molecule has 0 fully saturated rings. The standard InChI is InChI=1S/C13H12BrFN4O/c14-9-2-1-3-10(15)12(9)18-7-8-4-5-17-11(6-8)13(16)19-20/h1-6,18,20H,7H2,(H2,16,19). The molecule has 4 N–H and O–H groups in total. The third-order valence-electron chi connectivity index (χ3n) is 2.63. The second-order valence-corrected chi connectivity index (χ2v) is 4.84. The predicted octanol–water partition coefficient (Wildman–Crippen LogP) is 2.69. The fraction of sp³-hybridized carbons (Fsp3) is 0.0769. The molecule has 0 aliphatic rings. The summed E-state index contributed by atoms with van der Waals surface area (Å²) < 4.78 is 14.3. The van der Waals surface area contributed by atoms with Crippen molar-refractivity contribution in [2.24, 2.45) is 10.9 Å². The van der Waals surface area contributed by atoms with Gasteiger partial charge in [0.15, 0.2) is 5.84 Å². The molecule has 0 unspecified atom stereocenters. The normalized spacial score (nSPS) is 11.4. The lowest BCUT2D eigenvalue weighted by atomic mass is 10.2. The second-order valence-electron chi connectivity index (χ2n) is 3.98. The quantitative estimate of drug-likeness (QED) is 0.346. The third-order valence-corrected chi connectivity index (χ3v) is 3.29. The van der Waals surface area contributed by atoms with Crippen molar-refractivity contribution in [2.75, 3.05) is 5.32 Å². The molecular formula is C13H12BrFN4O. The summed E-state index contributed by atoms with van der Waals surface area (Å²) in [6, 6.07) is 8.17. The van der Waals surface area contributed by atoms with Crippen molar-refractivity contribution in [3.8, 4) is 0 Å². The molecule has 0 atom stereocenters. The van der Waals surface area contributed by atoms with Gasteiger partial charge in [-0.1, -0.05) is 11.2 Å². The van der Waals surface area contributed by atoms with Crippen LogP contribution >= 0.6 is 15.9 Å². The highest BCUT2D eigenvalue weighted by Gasteiger charge is 2.07. The van der Waals surface area contributed by atoms with Crippen LogP contribution in [0.25, 0.3) is 0 Å². The number of nitrogens with two attached hydrogens (primary N) is 1. The van der Waals surface area contributed by atoms with Gasteiger partial charge in [-0.05, 0) is 45.8 Å². The van der Waals surface area contributed by atoms with Crippen LogP contribution in [0.1, 0.15) is 11.3 Å². The summed E-state index contributed by atoms with van der Waals surface area (Å²) in [4.78, 5) is 3.97. The van der Waals surface area contributed by atoms with Gasteiger partial charge in [-0.25, -0.2) is 4.39 Å². The molecule has 20 heavy (non-hydrogen) atoms. The molecule has 1 heterocycles. The van der Waals surface area contributed by atoms with E-state index in [2.05, 4.69) is 31.4 Å². The van der Waals surface area contributed by atoms with E-state index in [1.54, 1.807) is 30.5 Å². The van der Waals surface area contributed by atoms with Gasteiger partial charge >= 0.3 is 0 Å². The Morgan fingerprint density at radius 3 is 2.95 bits per heavy atom. The van der Waals surface area contributed by atoms with Crippen LogP contribution in [-0.2, 0) is 6.54 Å². The van der Waals surface area contributed by atoms with E-state index >= 15 is 0 Å². The monoisotopic (exact) mass is 338 g/mol. The van der Waals surface area contributed by atoms with Crippen LogP contribution in [0.5, 0.6) is 0 Å². The number of rotatable bonds is 4. The van der Waals surface area contributed by atoms with Crippen molar-refractivity contribution in [1.29, 1.82) is 0 Å². The average molecular weight is 339 g/mol. The third kappa shape index (κ3) is 3.24. The van der Waals surface area contributed by atoms with Crippen molar-refractivity contribution >= 4 is 27.5 Å². The number of nitrogens with one attached hydrogen (secondary N) is 1. The number of hydrogen-bond acceptors (Lipinski definition) is 4. The van der Waals surface area contributed by atoms with E-state index in [0.29, 0.717) is 22.4 Å². The number of pyridine rings is 1. The lowest BCUT2D eigenvalue weighted by molar-refractivity contribution is 0.318. The van der Waals surface area contributed by atoms with E-state index < -0.39 is 0 Å². The van der Waals surface area contributed by atoms with Gasteiger partial charge in [0.05, 0.1) is 5.69 Å². The van der Waals surface area contributed by atoms with Crippen LogP contribution in [0.15, 0.2) is 46.2 Å². The van der Waals surface area contributed by atoms with Gasteiger partial charge in [0.1, 0.15) is 11.5 Å². The predicted molar refractivity (Wildman–Crippen MR) is 78.2 cm³/mol. The van der Waals surface area contributed by atoms with E-state index in [1.807, 2.05) is 0 Å². The Hall–Kier alpha value is -2.15. The summed E-state index contributed by atoms with van der Waals surface area (Å²) in [6.45, 7) is 0.383. The van der Waals surface area contributed by atoms with Gasteiger partial charge in [0.25, 0.3) is 0 Å². The van der Waals surface area contributed by atoms with Crippen LogP contribution in [-0.4, -0.2) is 16.0 Å². The zero-order chi connectivity index (χ0) is 14.5. The van der Waals surface area contributed by atoms with Gasteiger partial charge in [-0.2, -0.15) is 0 Å². The van der Waals surface area contributed by atoms with E-state index in [4.69, 9.17) is 10.9 Å². The number of halogens is 2. The Bertz CT molecular complexity index is 628. The highest BCUT2D eigenvalue weighted by molar-refractivity contribution is 9.10. The second kappa shape index (κ2) is 6.33. The first-order valence-corrected chi connectivity index (χ1v) is 6.52.